The summed E-state index contributed by atoms with van der Waals surface area (Å²) in [5.74, 6) is 0.711. The fourth-order valence-electron chi connectivity index (χ4n) is 3.02. The van der Waals surface area contributed by atoms with Gasteiger partial charge in [0.2, 0.25) is 0 Å². The molecule has 2 unspecified atom stereocenters. The van der Waals surface area contributed by atoms with Gasteiger partial charge in [0.15, 0.2) is 0 Å². The summed E-state index contributed by atoms with van der Waals surface area (Å²) in [6, 6.07) is 10.9. The fraction of sp³-hybridized carbons (Fsp3) is 0.600. The van der Waals surface area contributed by atoms with Crippen molar-refractivity contribution in [3.05, 3.63) is 35.9 Å². The van der Waals surface area contributed by atoms with E-state index in [0.29, 0.717) is 12.0 Å². The quantitative estimate of drug-likeness (QED) is 0.874. The van der Waals surface area contributed by atoms with Crippen molar-refractivity contribution >= 4 is 0 Å². The maximum Gasteiger partial charge on any atom is 0.0826 e. The van der Waals surface area contributed by atoms with Crippen molar-refractivity contribution < 1.29 is 4.74 Å². The minimum absolute atomic E-state index is 0.383. The van der Waals surface area contributed by atoms with Crippen LogP contribution in [0.25, 0.3) is 0 Å². The number of nitrogens with zero attached hydrogens (tertiary/aromatic N) is 1. The van der Waals surface area contributed by atoms with Crippen LogP contribution in [-0.2, 0) is 4.74 Å². The number of ether oxygens (including phenoxy) is 1. The van der Waals surface area contributed by atoms with Gasteiger partial charge in [-0.3, -0.25) is 0 Å². The van der Waals surface area contributed by atoms with Crippen molar-refractivity contribution in [2.24, 2.45) is 0 Å². The highest BCUT2D eigenvalue weighted by Gasteiger charge is 2.26. The topological polar surface area (TPSA) is 24.5 Å². The Morgan fingerprint density at radius 3 is 2.94 bits per heavy atom. The van der Waals surface area contributed by atoms with Crippen LogP contribution in [0.2, 0.25) is 0 Å². The van der Waals surface area contributed by atoms with E-state index in [2.05, 4.69) is 40.5 Å². The molecule has 2 aliphatic rings. The molecule has 3 rings (SSSR count). The van der Waals surface area contributed by atoms with Crippen LogP contribution in [0.5, 0.6) is 0 Å². The van der Waals surface area contributed by atoms with Gasteiger partial charge in [-0.05, 0) is 24.4 Å². The predicted octanol–water partition coefficient (Wildman–Crippen LogP) is 1.46. The van der Waals surface area contributed by atoms with Crippen molar-refractivity contribution in [3.8, 4) is 0 Å². The van der Waals surface area contributed by atoms with Crippen LogP contribution in [0, 0.1) is 0 Å². The smallest absolute Gasteiger partial charge is 0.0826 e. The summed E-state index contributed by atoms with van der Waals surface area (Å²) in [6.07, 6.45) is 1.66. The highest BCUT2D eigenvalue weighted by Crippen LogP contribution is 2.27. The maximum absolute atomic E-state index is 5.78. The van der Waals surface area contributed by atoms with Crippen LogP contribution in [0.3, 0.4) is 0 Å². The molecule has 18 heavy (non-hydrogen) atoms. The van der Waals surface area contributed by atoms with Gasteiger partial charge in [0, 0.05) is 26.2 Å². The van der Waals surface area contributed by atoms with Crippen LogP contribution in [0.15, 0.2) is 30.3 Å². The second-order valence-corrected chi connectivity index (χ2v) is 5.35. The van der Waals surface area contributed by atoms with E-state index in [1.54, 1.807) is 0 Å². The summed E-state index contributed by atoms with van der Waals surface area (Å²) < 4.78 is 5.78. The summed E-state index contributed by atoms with van der Waals surface area (Å²) in [6.45, 7) is 6.34. The molecule has 1 aromatic rings. The van der Waals surface area contributed by atoms with Crippen LogP contribution < -0.4 is 5.32 Å². The molecule has 0 bridgehead atoms. The van der Waals surface area contributed by atoms with Crippen LogP contribution >= 0.6 is 0 Å². The molecule has 2 heterocycles. The lowest BCUT2D eigenvalue weighted by molar-refractivity contribution is 0.00946. The third kappa shape index (κ3) is 2.91. The van der Waals surface area contributed by atoms with Crippen molar-refractivity contribution in [1.82, 2.24) is 10.2 Å². The lowest BCUT2D eigenvalue weighted by atomic mass is 9.99. The zero-order valence-corrected chi connectivity index (χ0v) is 10.8. The Kier molecular flexibility index (Phi) is 3.93. The first-order valence-electron chi connectivity index (χ1n) is 7.01. The molecule has 0 amide bonds. The van der Waals surface area contributed by atoms with Gasteiger partial charge in [0.05, 0.1) is 12.7 Å². The fourth-order valence-corrected chi connectivity index (χ4v) is 3.02. The van der Waals surface area contributed by atoms with Gasteiger partial charge >= 0.3 is 0 Å². The first-order valence-corrected chi connectivity index (χ1v) is 7.01. The lowest BCUT2D eigenvalue weighted by Crippen LogP contribution is -2.44. The SMILES string of the molecule is c1ccc(C2CCN(CC3CNCCO3)C2)cc1. The average molecular weight is 246 g/mol. The lowest BCUT2D eigenvalue weighted by Gasteiger charge is -2.27. The molecule has 0 radical (unpaired) electrons. The van der Waals surface area contributed by atoms with E-state index in [-0.39, 0.29) is 0 Å². The first kappa shape index (κ1) is 12.2. The number of rotatable bonds is 3. The number of hydrogen-bond donors (Lipinski definition) is 1. The Morgan fingerprint density at radius 1 is 1.28 bits per heavy atom. The van der Waals surface area contributed by atoms with E-state index in [1.165, 1.54) is 25.1 Å². The zero-order chi connectivity index (χ0) is 12.2. The van der Waals surface area contributed by atoms with Crippen molar-refractivity contribution in [3.63, 3.8) is 0 Å². The summed E-state index contributed by atoms with van der Waals surface area (Å²) in [5.41, 5.74) is 1.49. The van der Waals surface area contributed by atoms with E-state index in [4.69, 9.17) is 4.74 Å². The molecular formula is C15H22N2O. The first-order chi connectivity index (χ1) is 8.92. The molecule has 1 N–H and O–H groups in total. The van der Waals surface area contributed by atoms with E-state index in [1.807, 2.05) is 0 Å². The monoisotopic (exact) mass is 246 g/mol. The molecule has 0 aliphatic carbocycles. The van der Waals surface area contributed by atoms with Gasteiger partial charge < -0.3 is 15.0 Å². The van der Waals surface area contributed by atoms with Crippen LogP contribution in [-0.4, -0.2) is 50.3 Å². The van der Waals surface area contributed by atoms with E-state index in [9.17, 15) is 0 Å². The van der Waals surface area contributed by atoms with E-state index < -0.39 is 0 Å². The molecule has 2 fully saturated rings. The Balaban J connectivity index is 1.52. The Bertz CT molecular complexity index is 362. The second-order valence-electron chi connectivity index (χ2n) is 5.35. The van der Waals surface area contributed by atoms with Crippen LogP contribution in [0.1, 0.15) is 17.9 Å². The Hall–Kier alpha value is -0.900. The maximum atomic E-state index is 5.78. The molecule has 2 saturated heterocycles. The van der Waals surface area contributed by atoms with E-state index in [0.717, 1.165) is 26.2 Å². The molecule has 98 valence electrons. The van der Waals surface area contributed by atoms with Crippen molar-refractivity contribution in [2.45, 2.75) is 18.4 Å². The normalized spacial score (nSPS) is 29.6. The number of morpholine rings is 1. The highest BCUT2D eigenvalue weighted by atomic mass is 16.5. The molecular weight excluding hydrogens is 224 g/mol. The largest absolute Gasteiger partial charge is 0.374 e. The minimum Gasteiger partial charge on any atom is -0.374 e. The third-order valence-corrected chi connectivity index (χ3v) is 4.01. The second kappa shape index (κ2) is 5.83. The third-order valence-electron chi connectivity index (χ3n) is 4.01. The highest BCUT2D eigenvalue weighted by molar-refractivity contribution is 5.21. The molecule has 1 aromatic carbocycles. The van der Waals surface area contributed by atoms with Crippen LogP contribution in [0.4, 0.5) is 0 Å². The van der Waals surface area contributed by atoms with Crippen molar-refractivity contribution in [2.75, 3.05) is 39.3 Å². The number of nitrogens with one attached hydrogen (secondary N) is 1. The van der Waals surface area contributed by atoms with Gasteiger partial charge in [-0.2, -0.15) is 0 Å². The number of likely N-dealkylation sites (tertiary alicyclic amines) is 1. The minimum atomic E-state index is 0.383. The molecule has 0 aromatic heterocycles. The average Bonchev–Trinajstić information content (AvgIpc) is 2.89. The van der Waals surface area contributed by atoms with Gasteiger partial charge in [-0.15, -0.1) is 0 Å². The summed E-state index contributed by atoms with van der Waals surface area (Å²) in [4.78, 5) is 2.55. The van der Waals surface area contributed by atoms with Gasteiger partial charge in [0.1, 0.15) is 0 Å². The zero-order valence-electron chi connectivity index (χ0n) is 10.8. The molecule has 3 heteroatoms. The molecule has 2 atom stereocenters. The molecule has 0 saturated carbocycles. The summed E-state index contributed by atoms with van der Waals surface area (Å²) >= 11 is 0. The van der Waals surface area contributed by atoms with Gasteiger partial charge in [-0.25, -0.2) is 0 Å². The van der Waals surface area contributed by atoms with Crippen molar-refractivity contribution in [1.29, 1.82) is 0 Å². The molecule has 2 aliphatic heterocycles. The number of benzene rings is 1. The standard InChI is InChI=1S/C15H22N2O/c1-2-4-13(5-3-1)14-6-8-17(11-14)12-15-10-16-7-9-18-15/h1-5,14-16H,6-12H2. The van der Waals surface area contributed by atoms with Gasteiger partial charge in [0.25, 0.3) is 0 Å². The molecule has 0 spiro atoms. The van der Waals surface area contributed by atoms with E-state index >= 15 is 0 Å². The predicted molar refractivity (Wildman–Crippen MR) is 72.8 cm³/mol. The number of hydrogen-bond acceptors (Lipinski definition) is 3. The van der Waals surface area contributed by atoms with Gasteiger partial charge in [-0.1, -0.05) is 30.3 Å². The molecule has 3 nitrogen and oxygen atoms in total. The Labute approximate surface area is 109 Å². The summed E-state index contributed by atoms with van der Waals surface area (Å²) in [5, 5.41) is 3.40. The Morgan fingerprint density at radius 2 is 2.17 bits per heavy atom. The summed E-state index contributed by atoms with van der Waals surface area (Å²) in [7, 11) is 0.